The summed E-state index contributed by atoms with van der Waals surface area (Å²) in [5, 5.41) is 10.8. The third kappa shape index (κ3) is 3.64. The lowest BCUT2D eigenvalue weighted by Gasteiger charge is -2.19. The second kappa shape index (κ2) is 6.45. The molecule has 0 fully saturated rings. The molecular formula is C17H22N2O3S. The highest BCUT2D eigenvalue weighted by Gasteiger charge is 2.18. The molecule has 1 aliphatic rings. The molecule has 2 aromatic rings. The van der Waals surface area contributed by atoms with Gasteiger partial charge in [0.1, 0.15) is 13.2 Å². The summed E-state index contributed by atoms with van der Waals surface area (Å²) in [6.07, 6.45) is 1.88. The molecule has 0 amide bonds. The maximum Gasteiger partial charge on any atom is 0.168 e. The number of hydrogen-bond donors (Lipinski definition) is 1. The molecule has 0 atom stereocenters. The van der Waals surface area contributed by atoms with E-state index in [-0.39, 0.29) is 0 Å². The van der Waals surface area contributed by atoms with Crippen molar-refractivity contribution in [3.8, 4) is 22.8 Å². The zero-order chi connectivity index (χ0) is 16.4. The maximum absolute atomic E-state index is 9.91. The molecule has 0 saturated heterocycles. The third-order valence-electron chi connectivity index (χ3n) is 3.53. The summed E-state index contributed by atoms with van der Waals surface area (Å²) in [5.74, 6) is 2.17. The highest BCUT2D eigenvalue weighted by Crippen LogP contribution is 2.35. The standard InChI is InChI=1S/C17H22N2O3S/c1-4-19-13(10-18-16(19)23-11-17(2,3)20)12-5-6-14-15(9-12)22-8-7-21-14/h5-6,9-10,20H,4,7-8,11H2,1-3H3. The topological polar surface area (TPSA) is 56.5 Å². The van der Waals surface area contributed by atoms with Gasteiger partial charge in [-0.15, -0.1) is 0 Å². The van der Waals surface area contributed by atoms with Crippen molar-refractivity contribution >= 4 is 11.8 Å². The summed E-state index contributed by atoms with van der Waals surface area (Å²) in [4.78, 5) is 4.52. The number of imidazole rings is 1. The molecule has 0 radical (unpaired) electrons. The SMILES string of the molecule is CCn1c(-c2ccc3c(c2)OCCO3)cnc1SCC(C)(C)O. The number of aliphatic hydroxyl groups is 1. The third-order valence-corrected chi connectivity index (χ3v) is 4.96. The van der Waals surface area contributed by atoms with E-state index < -0.39 is 5.60 Å². The molecule has 23 heavy (non-hydrogen) atoms. The summed E-state index contributed by atoms with van der Waals surface area (Å²) >= 11 is 1.57. The number of benzene rings is 1. The fourth-order valence-corrected chi connectivity index (χ4v) is 3.45. The fraction of sp³-hybridized carbons (Fsp3) is 0.471. The molecule has 2 heterocycles. The van der Waals surface area contributed by atoms with Crippen molar-refractivity contribution in [2.75, 3.05) is 19.0 Å². The Morgan fingerprint density at radius 2 is 2.00 bits per heavy atom. The number of rotatable bonds is 5. The van der Waals surface area contributed by atoms with E-state index in [0.29, 0.717) is 19.0 Å². The first kappa shape index (κ1) is 16.2. The van der Waals surface area contributed by atoms with Gasteiger partial charge in [0.05, 0.1) is 17.5 Å². The summed E-state index contributed by atoms with van der Waals surface area (Å²) in [5.41, 5.74) is 1.38. The maximum atomic E-state index is 9.91. The Balaban J connectivity index is 1.89. The van der Waals surface area contributed by atoms with Crippen molar-refractivity contribution in [3.63, 3.8) is 0 Å². The average molecular weight is 334 g/mol. The number of aromatic nitrogens is 2. The van der Waals surface area contributed by atoms with Gasteiger partial charge in [-0.25, -0.2) is 4.98 Å². The van der Waals surface area contributed by atoms with Gasteiger partial charge in [0.2, 0.25) is 0 Å². The minimum Gasteiger partial charge on any atom is -0.486 e. The molecule has 1 aliphatic heterocycles. The number of fused-ring (bicyclic) bond motifs is 1. The molecule has 1 aromatic heterocycles. The quantitative estimate of drug-likeness (QED) is 0.851. The molecule has 6 heteroatoms. The van der Waals surface area contributed by atoms with Crippen LogP contribution in [0.5, 0.6) is 11.5 Å². The Morgan fingerprint density at radius 3 is 2.70 bits per heavy atom. The van der Waals surface area contributed by atoms with Crippen molar-refractivity contribution < 1.29 is 14.6 Å². The van der Waals surface area contributed by atoms with Crippen LogP contribution in [0.2, 0.25) is 0 Å². The number of thioether (sulfide) groups is 1. The largest absolute Gasteiger partial charge is 0.486 e. The molecular weight excluding hydrogens is 312 g/mol. The van der Waals surface area contributed by atoms with Gasteiger partial charge in [0.15, 0.2) is 16.7 Å². The van der Waals surface area contributed by atoms with E-state index in [4.69, 9.17) is 9.47 Å². The second-order valence-corrected chi connectivity index (χ2v) is 7.07. The van der Waals surface area contributed by atoms with Crippen LogP contribution in [-0.2, 0) is 6.54 Å². The van der Waals surface area contributed by atoms with Crippen LogP contribution >= 0.6 is 11.8 Å². The van der Waals surface area contributed by atoms with Crippen molar-refractivity contribution in [1.29, 1.82) is 0 Å². The lowest BCUT2D eigenvalue weighted by atomic mass is 10.1. The van der Waals surface area contributed by atoms with Crippen LogP contribution in [0.4, 0.5) is 0 Å². The monoisotopic (exact) mass is 334 g/mol. The van der Waals surface area contributed by atoms with Crippen LogP contribution in [0, 0.1) is 0 Å². The highest BCUT2D eigenvalue weighted by atomic mass is 32.2. The predicted octanol–water partition coefficient (Wildman–Crippen LogP) is 3.20. The zero-order valence-electron chi connectivity index (χ0n) is 13.7. The lowest BCUT2D eigenvalue weighted by molar-refractivity contribution is 0.107. The zero-order valence-corrected chi connectivity index (χ0v) is 14.5. The first-order chi connectivity index (χ1) is 11.0. The number of ether oxygens (including phenoxy) is 2. The Morgan fingerprint density at radius 1 is 1.26 bits per heavy atom. The molecule has 0 aliphatic carbocycles. The molecule has 0 spiro atoms. The molecule has 3 rings (SSSR count). The Labute approximate surface area is 140 Å². The van der Waals surface area contributed by atoms with Gasteiger partial charge in [0.25, 0.3) is 0 Å². The smallest absolute Gasteiger partial charge is 0.168 e. The van der Waals surface area contributed by atoms with Gasteiger partial charge >= 0.3 is 0 Å². The minimum absolute atomic E-state index is 0.580. The fourth-order valence-electron chi connectivity index (χ4n) is 2.45. The van der Waals surface area contributed by atoms with Gasteiger partial charge < -0.3 is 19.1 Å². The van der Waals surface area contributed by atoms with Crippen LogP contribution < -0.4 is 9.47 Å². The van der Waals surface area contributed by atoms with Crippen LogP contribution in [-0.4, -0.2) is 39.2 Å². The van der Waals surface area contributed by atoms with E-state index >= 15 is 0 Å². The van der Waals surface area contributed by atoms with Gasteiger partial charge in [-0.1, -0.05) is 11.8 Å². The van der Waals surface area contributed by atoms with E-state index in [2.05, 4.69) is 16.5 Å². The van der Waals surface area contributed by atoms with Gasteiger partial charge in [-0.3, -0.25) is 0 Å². The minimum atomic E-state index is -0.716. The first-order valence-corrected chi connectivity index (χ1v) is 8.77. The van der Waals surface area contributed by atoms with Gasteiger partial charge in [0, 0.05) is 17.9 Å². The predicted molar refractivity (Wildman–Crippen MR) is 91.3 cm³/mol. The van der Waals surface area contributed by atoms with Crippen molar-refractivity contribution in [1.82, 2.24) is 9.55 Å². The lowest BCUT2D eigenvalue weighted by Crippen LogP contribution is -2.22. The Bertz CT molecular complexity index is 692. The molecule has 5 nitrogen and oxygen atoms in total. The molecule has 0 bridgehead atoms. The van der Waals surface area contributed by atoms with E-state index in [1.165, 1.54) is 0 Å². The van der Waals surface area contributed by atoms with Crippen LogP contribution in [0.1, 0.15) is 20.8 Å². The number of hydrogen-bond acceptors (Lipinski definition) is 5. The molecule has 1 N–H and O–H groups in total. The summed E-state index contributed by atoms with van der Waals surface area (Å²) in [7, 11) is 0. The molecule has 0 unspecified atom stereocenters. The summed E-state index contributed by atoms with van der Waals surface area (Å²) in [6.45, 7) is 7.70. The normalized spacial score (nSPS) is 14.1. The number of nitrogens with zero attached hydrogens (tertiary/aromatic N) is 2. The first-order valence-electron chi connectivity index (χ1n) is 7.78. The van der Waals surface area contributed by atoms with E-state index in [0.717, 1.165) is 34.5 Å². The summed E-state index contributed by atoms with van der Waals surface area (Å²) < 4.78 is 13.4. The van der Waals surface area contributed by atoms with Crippen LogP contribution in [0.3, 0.4) is 0 Å². The Kier molecular flexibility index (Phi) is 4.55. The van der Waals surface area contributed by atoms with Gasteiger partial charge in [-0.2, -0.15) is 0 Å². The average Bonchev–Trinajstić information content (AvgIpc) is 2.94. The van der Waals surface area contributed by atoms with E-state index in [9.17, 15) is 5.11 Å². The van der Waals surface area contributed by atoms with Crippen molar-refractivity contribution in [3.05, 3.63) is 24.4 Å². The van der Waals surface area contributed by atoms with E-state index in [1.807, 2.05) is 24.4 Å². The highest BCUT2D eigenvalue weighted by molar-refractivity contribution is 7.99. The Hall–Kier alpha value is -1.66. The van der Waals surface area contributed by atoms with Crippen molar-refractivity contribution in [2.24, 2.45) is 0 Å². The van der Waals surface area contributed by atoms with E-state index in [1.54, 1.807) is 25.6 Å². The molecule has 0 saturated carbocycles. The van der Waals surface area contributed by atoms with Crippen molar-refractivity contribution in [2.45, 2.75) is 38.1 Å². The molecule has 124 valence electrons. The summed E-state index contributed by atoms with van der Waals surface area (Å²) in [6, 6.07) is 5.98. The van der Waals surface area contributed by atoms with Gasteiger partial charge in [-0.05, 0) is 39.0 Å². The molecule has 1 aromatic carbocycles. The van der Waals surface area contributed by atoms with Crippen LogP contribution in [0.15, 0.2) is 29.6 Å². The second-order valence-electron chi connectivity index (χ2n) is 6.13. The van der Waals surface area contributed by atoms with Crippen LogP contribution in [0.25, 0.3) is 11.3 Å².